The van der Waals surface area contributed by atoms with Crippen LogP contribution in [0.1, 0.15) is 43.4 Å². The van der Waals surface area contributed by atoms with E-state index in [2.05, 4.69) is 5.32 Å². The molecule has 162 valence electrons. The molecule has 5 nitrogen and oxygen atoms in total. The maximum atomic E-state index is 13.1. The van der Waals surface area contributed by atoms with Crippen LogP contribution in [0, 0.1) is 13.8 Å². The van der Waals surface area contributed by atoms with Gasteiger partial charge in [0.25, 0.3) is 5.91 Å². The normalized spacial score (nSPS) is 11.6. The fourth-order valence-corrected chi connectivity index (χ4v) is 3.38. The van der Waals surface area contributed by atoms with Gasteiger partial charge in [-0.1, -0.05) is 55.3 Å². The van der Waals surface area contributed by atoms with Crippen LogP contribution in [0.15, 0.2) is 42.5 Å². The molecule has 0 saturated carbocycles. The molecule has 2 aromatic rings. The molecule has 1 N–H and O–H groups in total. The molecule has 0 spiro atoms. The zero-order valence-electron chi connectivity index (χ0n) is 18.2. The third-order valence-electron chi connectivity index (χ3n) is 4.88. The predicted octanol–water partition coefficient (Wildman–Crippen LogP) is 4.67. The van der Waals surface area contributed by atoms with Crippen molar-refractivity contribution >= 4 is 23.4 Å². The maximum Gasteiger partial charge on any atom is 0.261 e. The second kappa shape index (κ2) is 11.6. The number of carbonyl (C=O) groups is 2. The SMILES string of the molecule is CCCNC(=O)C(CC)N(Cc1ccc(Cl)cc1)C(=O)COc1ccc(C)cc1C. The summed E-state index contributed by atoms with van der Waals surface area (Å²) in [6, 6.07) is 12.6. The standard InChI is InChI=1S/C24H31ClN2O3/c1-5-13-26-24(29)21(6-2)27(15-19-8-10-20(25)11-9-19)23(28)16-30-22-12-7-17(3)14-18(22)4/h7-12,14,21H,5-6,13,15-16H2,1-4H3,(H,26,29). The van der Waals surface area contributed by atoms with Crippen molar-refractivity contribution in [3.05, 3.63) is 64.2 Å². The highest BCUT2D eigenvalue weighted by atomic mass is 35.5. The molecule has 2 amide bonds. The van der Waals surface area contributed by atoms with Crippen molar-refractivity contribution in [3.8, 4) is 5.75 Å². The van der Waals surface area contributed by atoms with Gasteiger partial charge in [-0.2, -0.15) is 0 Å². The number of amides is 2. The topological polar surface area (TPSA) is 58.6 Å². The van der Waals surface area contributed by atoms with Crippen molar-refractivity contribution in [1.29, 1.82) is 0 Å². The third-order valence-corrected chi connectivity index (χ3v) is 5.13. The number of aryl methyl sites for hydroxylation is 2. The lowest BCUT2D eigenvalue weighted by atomic mass is 10.1. The van der Waals surface area contributed by atoms with Gasteiger partial charge in [-0.05, 0) is 56.0 Å². The summed E-state index contributed by atoms with van der Waals surface area (Å²) in [5.74, 6) is 0.292. The third kappa shape index (κ3) is 6.77. The van der Waals surface area contributed by atoms with Crippen molar-refractivity contribution < 1.29 is 14.3 Å². The molecule has 6 heteroatoms. The first-order valence-corrected chi connectivity index (χ1v) is 10.7. The van der Waals surface area contributed by atoms with Crippen LogP contribution in [0.5, 0.6) is 5.75 Å². The first kappa shape index (κ1) is 23.7. The minimum atomic E-state index is -0.567. The molecule has 0 aliphatic rings. The summed E-state index contributed by atoms with van der Waals surface area (Å²) in [6.45, 7) is 8.62. The van der Waals surface area contributed by atoms with Gasteiger partial charge in [-0.3, -0.25) is 9.59 Å². The van der Waals surface area contributed by atoms with Crippen LogP contribution in [0.3, 0.4) is 0 Å². The number of nitrogens with zero attached hydrogens (tertiary/aromatic N) is 1. The van der Waals surface area contributed by atoms with E-state index in [9.17, 15) is 9.59 Å². The quantitative estimate of drug-likeness (QED) is 0.595. The molecule has 2 rings (SSSR count). The minimum absolute atomic E-state index is 0.130. The first-order valence-electron chi connectivity index (χ1n) is 10.4. The van der Waals surface area contributed by atoms with E-state index in [4.69, 9.17) is 16.3 Å². The molecule has 0 bridgehead atoms. The average Bonchev–Trinajstić information content (AvgIpc) is 2.72. The summed E-state index contributed by atoms with van der Waals surface area (Å²) >= 11 is 5.99. The predicted molar refractivity (Wildman–Crippen MR) is 121 cm³/mol. The Morgan fingerprint density at radius 3 is 2.40 bits per heavy atom. The highest BCUT2D eigenvalue weighted by Gasteiger charge is 2.28. The smallest absolute Gasteiger partial charge is 0.261 e. The van der Waals surface area contributed by atoms with E-state index in [1.165, 1.54) is 0 Å². The molecule has 0 radical (unpaired) electrons. The number of hydrogen-bond acceptors (Lipinski definition) is 3. The molecule has 2 aromatic carbocycles. The van der Waals surface area contributed by atoms with Gasteiger partial charge in [0.1, 0.15) is 11.8 Å². The monoisotopic (exact) mass is 430 g/mol. The van der Waals surface area contributed by atoms with Gasteiger partial charge in [-0.25, -0.2) is 0 Å². The van der Waals surface area contributed by atoms with Crippen LogP contribution in [0.2, 0.25) is 5.02 Å². The van der Waals surface area contributed by atoms with Gasteiger partial charge in [0.15, 0.2) is 6.61 Å². The summed E-state index contributed by atoms with van der Waals surface area (Å²) in [7, 11) is 0. The van der Waals surface area contributed by atoms with Gasteiger partial charge >= 0.3 is 0 Å². The van der Waals surface area contributed by atoms with E-state index < -0.39 is 6.04 Å². The Labute approximate surface area is 184 Å². The Balaban J connectivity index is 2.20. The van der Waals surface area contributed by atoms with Crippen molar-refractivity contribution in [2.75, 3.05) is 13.2 Å². The van der Waals surface area contributed by atoms with Gasteiger partial charge < -0.3 is 15.0 Å². The number of carbonyl (C=O) groups excluding carboxylic acids is 2. The number of rotatable bonds is 10. The molecule has 1 atom stereocenters. The molecule has 30 heavy (non-hydrogen) atoms. The average molecular weight is 431 g/mol. The molecule has 0 aromatic heterocycles. The van der Waals surface area contributed by atoms with E-state index in [1.807, 2.05) is 58.0 Å². The molecule has 0 aliphatic heterocycles. The zero-order chi connectivity index (χ0) is 22.1. The van der Waals surface area contributed by atoms with Crippen molar-refractivity contribution in [2.45, 2.75) is 53.1 Å². The molecule has 0 aliphatic carbocycles. The summed E-state index contributed by atoms with van der Waals surface area (Å²) in [4.78, 5) is 27.5. The lowest BCUT2D eigenvalue weighted by molar-refractivity contribution is -0.143. The fourth-order valence-electron chi connectivity index (χ4n) is 3.26. The Morgan fingerprint density at radius 2 is 1.80 bits per heavy atom. The maximum absolute atomic E-state index is 13.1. The van der Waals surface area contributed by atoms with Crippen molar-refractivity contribution in [1.82, 2.24) is 10.2 Å². The van der Waals surface area contributed by atoms with E-state index in [1.54, 1.807) is 17.0 Å². The van der Waals surface area contributed by atoms with Crippen LogP contribution in [-0.2, 0) is 16.1 Å². The Kier molecular flexibility index (Phi) is 9.18. The van der Waals surface area contributed by atoms with Crippen LogP contribution in [0.25, 0.3) is 0 Å². The van der Waals surface area contributed by atoms with Crippen LogP contribution in [-0.4, -0.2) is 35.9 Å². The summed E-state index contributed by atoms with van der Waals surface area (Å²) in [5, 5.41) is 3.54. The number of hydrogen-bond donors (Lipinski definition) is 1. The van der Waals surface area contributed by atoms with Crippen LogP contribution in [0.4, 0.5) is 0 Å². The van der Waals surface area contributed by atoms with Crippen LogP contribution < -0.4 is 10.1 Å². The number of halogens is 1. The van der Waals surface area contributed by atoms with Gasteiger partial charge in [0, 0.05) is 18.1 Å². The number of benzene rings is 2. The Bertz CT molecular complexity index is 852. The lowest BCUT2D eigenvalue weighted by Gasteiger charge is -2.30. The van der Waals surface area contributed by atoms with Gasteiger partial charge in [-0.15, -0.1) is 0 Å². The summed E-state index contributed by atoms with van der Waals surface area (Å²) in [6.07, 6.45) is 1.35. The summed E-state index contributed by atoms with van der Waals surface area (Å²) in [5.41, 5.74) is 3.01. The minimum Gasteiger partial charge on any atom is -0.483 e. The number of ether oxygens (including phenoxy) is 1. The second-order valence-corrected chi connectivity index (χ2v) is 7.86. The highest BCUT2D eigenvalue weighted by Crippen LogP contribution is 2.20. The van der Waals surface area contributed by atoms with Gasteiger partial charge in [0.05, 0.1) is 0 Å². The van der Waals surface area contributed by atoms with Crippen LogP contribution >= 0.6 is 11.6 Å². The largest absolute Gasteiger partial charge is 0.483 e. The highest BCUT2D eigenvalue weighted by molar-refractivity contribution is 6.30. The van der Waals surface area contributed by atoms with Crippen molar-refractivity contribution in [3.63, 3.8) is 0 Å². The molecule has 0 heterocycles. The number of nitrogens with one attached hydrogen (secondary N) is 1. The lowest BCUT2D eigenvalue weighted by Crippen LogP contribution is -2.50. The van der Waals surface area contributed by atoms with E-state index in [0.717, 1.165) is 23.1 Å². The Hall–Kier alpha value is -2.53. The zero-order valence-corrected chi connectivity index (χ0v) is 19.0. The molecular formula is C24H31ClN2O3. The molecule has 1 unspecified atom stereocenters. The van der Waals surface area contributed by atoms with E-state index >= 15 is 0 Å². The van der Waals surface area contributed by atoms with E-state index in [0.29, 0.717) is 30.3 Å². The van der Waals surface area contributed by atoms with Gasteiger partial charge in [0.2, 0.25) is 5.91 Å². The second-order valence-electron chi connectivity index (χ2n) is 7.42. The molecule has 0 saturated heterocycles. The summed E-state index contributed by atoms with van der Waals surface area (Å²) < 4.78 is 5.80. The molecular weight excluding hydrogens is 400 g/mol. The first-order chi connectivity index (χ1) is 14.3. The molecule has 0 fully saturated rings. The Morgan fingerprint density at radius 1 is 1.10 bits per heavy atom. The van der Waals surface area contributed by atoms with E-state index in [-0.39, 0.29) is 18.4 Å². The fraction of sp³-hybridized carbons (Fsp3) is 0.417. The van der Waals surface area contributed by atoms with Crippen molar-refractivity contribution in [2.24, 2.45) is 0 Å².